The third kappa shape index (κ3) is 7.58. The molecule has 4 heteroatoms. The summed E-state index contributed by atoms with van der Waals surface area (Å²) in [4.78, 5) is 4.42. The number of pyridine rings is 1. The van der Waals surface area contributed by atoms with Gasteiger partial charge in [-0.1, -0.05) is 19.9 Å². The van der Waals surface area contributed by atoms with Crippen molar-refractivity contribution in [3.8, 4) is 0 Å². The Labute approximate surface area is 122 Å². The minimum Gasteiger partial charge on any atom is -0.379 e. The van der Waals surface area contributed by atoms with Crippen LogP contribution >= 0.6 is 0 Å². The number of rotatable bonds is 10. The molecule has 0 spiro atoms. The van der Waals surface area contributed by atoms with Crippen molar-refractivity contribution in [1.29, 1.82) is 0 Å². The van der Waals surface area contributed by atoms with Gasteiger partial charge in [0, 0.05) is 19.3 Å². The lowest BCUT2D eigenvalue weighted by molar-refractivity contribution is -0.0127. The zero-order chi connectivity index (χ0) is 14.8. The van der Waals surface area contributed by atoms with Crippen molar-refractivity contribution in [2.45, 2.75) is 47.0 Å². The van der Waals surface area contributed by atoms with Crippen molar-refractivity contribution >= 4 is 0 Å². The van der Waals surface area contributed by atoms with E-state index in [0.29, 0.717) is 19.1 Å². The highest BCUT2D eigenvalue weighted by Gasteiger charge is 2.03. The lowest BCUT2D eigenvalue weighted by Crippen LogP contribution is -2.19. The lowest BCUT2D eigenvalue weighted by atomic mass is 10.2. The maximum Gasteiger partial charge on any atom is 0.0892 e. The van der Waals surface area contributed by atoms with Crippen LogP contribution in [0.4, 0.5) is 0 Å². The largest absolute Gasteiger partial charge is 0.379 e. The second-order valence-corrected chi connectivity index (χ2v) is 5.46. The Morgan fingerprint density at radius 3 is 2.65 bits per heavy atom. The molecule has 0 aliphatic heterocycles. The molecule has 0 saturated heterocycles. The van der Waals surface area contributed by atoms with E-state index in [1.807, 2.05) is 26.1 Å². The molecule has 0 aliphatic rings. The van der Waals surface area contributed by atoms with Gasteiger partial charge in [-0.3, -0.25) is 4.98 Å². The molecule has 1 aromatic rings. The lowest BCUT2D eigenvalue weighted by Gasteiger charge is -2.12. The first-order valence-corrected chi connectivity index (χ1v) is 7.45. The molecule has 0 amide bonds. The van der Waals surface area contributed by atoms with Crippen LogP contribution in [0.3, 0.4) is 0 Å². The predicted molar refractivity (Wildman–Crippen MR) is 81.5 cm³/mol. The Morgan fingerprint density at radius 2 is 2.05 bits per heavy atom. The first-order chi connectivity index (χ1) is 9.61. The molecular weight excluding hydrogens is 252 g/mol. The molecular formula is C16H28N2O2. The van der Waals surface area contributed by atoms with E-state index in [2.05, 4.69) is 30.2 Å². The van der Waals surface area contributed by atoms with Gasteiger partial charge in [-0.05, 0) is 37.9 Å². The van der Waals surface area contributed by atoms with Crippen LogP contribution in [0.1, 0.15) is 39.0 Å². The van der Waals surface area contributed by atoms with Gasteiger partial charge >= 0.3 is 0 Å². The number of aromatic nitrogens is 1. The third-order valence-electron chi connectivity index (χ3n) is 2.84. The van der Waals surface area contributed by atoms with Crippen molar-refractivity contribution in [2.75, 3.05) is 19.8 Å². The SMILES string of the molecule is CCOCC(C)OCc1ccc(CNCC(C)C)cn1. The molecule has 1 heterocycles. The van der Waals surface area contributed by atoms with Gasteiger partial charge in [-0.2, -0.15) is 0 Å². The van der Waals surface area contributed by atoms with Crippen LogP contribution in [0.5, 0.6) is 0 Å². The Balaban J connectivity index is 2.27. The summed E-state index contributed by atoms with van der Waals surface area (Å²) >= 11 is 0. The predicted octanol–water partition coefficient (Wildman–Crippen LogP) is 2.77. The van der Waals surface area contributed by atoms with Crippen molar-refractivity contribution in [3.63, 3.8) is 0 Å². The van der Waals surface area contributed by atoms with Crippen molar-refractivity contribution in [3.05, 3.63) is 29.6 Å². The molecule has 1 N–H and O–H groups in total. The van der Waals surface area contributed by atoms with E-state index < -0.39 is 0 Å². The highest BCUT2D eigenvalue weighted by Crippen LogP contribution is 2.04. The summed E-state index contributed by atoms with van der Waals surface area (Å²) in [6.07, 6.45) is 2.02. The van der Waals surface area contributed by atoms with Gasteiger partial charge in [0.2, 0.25) is 0 Å². The minimum absolute atomic E-state index is 0.101. The van der Waals surface area contributed by atoms with E-state index in [1.54, 1.807) is 0 Å². The Morgan fingerprint density at radius 1 is 1.25 bits per heavy atom. The molecule has 114 valence electrons. The van der Waals surface area contributed by atoms with E-state index in [-0.39, 0.29) is 6.10 Å². The van der Waals surface area contributed by atoms with Gasteiger partial charge < -0.3 is 14.8 Å². The maximum atomic E-state index is 5.68. The second-order valence-electron chi connectivity index (χ2n) is 5.46. The standard InChI is InChI=1S/C16H28N2O2/c1-5-19-11-14(4)20-12-16-7-6-15(10-18-16)9-17-8-13(2)3/h6-7,10,13-14,17H,5,8-9,11-12H2,1-4H3. The number of ether oxygens (including phenoxy) is 2. The summed E-state index contributed by atoms with van der Waals surface area (Å²) in [5, 5.41) is 3.41. The summed E-state index contributed by atoms with van der Waals surface area (Å²) < 4.78 is 11.0. The Bertz CT molecular complexity index is 352. The van der Waals surface area contributed by atoms with Crippen molar-refractivity contribution < 1.29 is 9.47 Å². The van der Waals surface area contributed by atoms with E-state index in [0.717, 1.165) is 25.4 Å². The van der Waals surface area contributed by atoms with Crippen molar-refractivity contribution in [2.24, 2.45) is 5.92 Å². The molecule has 20 heavy (non-hydrogen) atoms. The number of hydrogen-bond acceptors (Lipinski definition) is 4. The second kappa shape index (κ2) is 9.86. The van der Waals surface area contributed by atoms with Gasteiger partial charge in [-0.15, -0.1) is 0 Å². The van der Waals surface area contributed by atoms with E-state index in [1.165, 1.54) is 5.56 Å². The first kappa shape index (κ1) is 17.1. The normalized spacial score (nSPS) is 12.8. The highest BCUT2D eigenvalue weighted by molar-refractivity contribution is 5.13. The molecule has 0 saturated carbocycles. The fourth-order valence-corrected chi connectivity index (χ4v) is 1.71. The fraction of sp³-hybridized carbons (Fsp3) is 0.688. The Kier molecular flexibility index (Phi) is 8.42. The summed E-state index contributed by atoms with van der Waals surface area (Å²) in [5.74, 6) is 0.669. The topological polar surface area (TPSA) is 43.4 Å². The molecule has 1 atom stereocenters. The van der Waals surface area contributed by atoms with Crippen LogP contribution in [0.15, 0.2) is 18.3 Å². The van der Waals surface area contributed by atoms with Crippen LogP contribution in [0, 0.1) is 5.92 Å². The average molecular weight is 280 g/mol. The molecule has 1 unspecified atom stereocenters. The molecule has 1 aromatic heterocycles. The summed E-state index contributed by atoms with van der Waals surface area (Å²) in [6.45, 7) is 12.2. The first-order valence-electron chi connectivity index (χ1n) is 7.45. The fourth-order valence-electron chi connectivity index (χ4n) is 1.71. The quantitative estimate of drug-likeness (QED) is 0.715. The minimum atomic E-state index is 0.101. The third-order valence-corrected chi connectivity index (χ3v) is 2.84. The maximum absolute atomic E-state index is 5.68. The van der Waals surface area contributed by atoms with E-state index >= 15 is 0 Å². The molecule has 0 aromatic carbocycles. The summed E-state index contributed by atoms with van der Waals surface area (Å²) in [6, 6.07) is 4.13. The summed E-state index contributed by atoms with van der Waals surface area (Å²) in [7, 11) is 0. The number of hydrogen-bond donors (Lipinski definition) is 1. The Hall–Kier alpha value is -0.970. The van der Waals surface area contributed by atoms with Gasteiger partial charge in [0.15, 0.2) is 0 Å². The smallest absolute Gasteiger partial charge is 0.0892 e. The number of nitrogens with zero attached hydrogens (tertiary/aromatic N) is 1. The zero-order valence-electron chi connectivity index (χ0n) is 13.2. The molecule has 0 radical (unpaired) electrons. The van der Waals surface area contributed by atoms with Crippen LogP contribution in [0.2, 0.25) is 0 Å². The van der Waals surface area contributed by atoms with Gasteiger partial charge in [0.25, 0.3) is 0 Å². The van der Waals surface area contributed by atoms with E-state index in [4.69, 9.17) is 9.47 Å². The van der Waals surface area contributed by atoms with Gasteiger partial charge in [-0.25, -0.2) is 0 Å². The van der Waals surface area contributed by atoms with Crippen LogP contribution < -0.4 is 5.32 Å². The number of nitrogens with one attached hydrogen (secondary N) is 1. The molecule has 1 rings (SSSR count). The van der Waals surface area contributed by atoms with E-state index in [9.17, 15) is 0 Å². The van der Waals surface area contributed by atoms with Crippen LogP contribution in [-0.2, 0) is 22.6 Å². The monoisotopic (exact) mass is 280 g/mol. The summed E-state index contributed by atoms with van der Waals surface area (Å²) in [5.41, 5.74) is 2.16. The molecule has 0 aliphatic carbocycles. The van der Waals surface area contributed by atoms with Gasteiger partial charge in [0.05, 0.1) is 25.0 Å². The van der Waals surface area contributed by atoms with Crippen LogP contribution in [0.25, 0.3) is 0 Å². The van der Waals surface area contributed by atoms with Crippen molar-refractivity contribution in [1.82, 2.24) is 10.3 Å². The molecule has 0 bridgehead atoms. The average Bonchev–Trinajstić information content (AvgIpc) is 2.44. The van der Waals surface area contributed by atoms with Crippen LogP contribution in [-0.4, -0.2) is 30.8 Å². The highest BCUT2D eigenvalue weighted by atomic mass is 16.5. The zero-order valence-corrected chi connectivity index (χ0v) is 13.2. The molecule has 4 nitrogen and oxygen atoms in total. The molecule has 0 fully saturated rings. The van der Waals surface area contributed by atoms with Gasteiger partial charge in [0.1, 0.15) is 0 Å².